The Morgan fingerprint density at radius 2 is 1.96 bits per heavy atom. The van der Waals surface area contributed by atoms with E-state index in [2.05, 4.69) is 26.7 Å². The Kier molecular flexibility index (Phi) is 9.03. The molecule has 0 unspecified atom stereocenters. The fourth-order valence-electron chi connectivity index (χ4n) is 8.55. The first kappa shape index (κ1) is 34.0. The first-order valence-electron chi connectivity index (χ1n) is 17.2. The number of nitrogens with one attached hydrogen (secondary N) is 1. The predicted molar refractivity (Wildman–Crippen MR) is 188 cm³/mol. The molecular formula is C38H43ClFN3O5S. The van der Waals surface area contributed by atoms with Crippen LogP contribution in [0, 0.1) is 23.7 Å². The number of sulfonamides is 1. The third-order valence-corrected chi connectivity index (χ3v) is 13.8. The Morgan fingerprint density at radius 1 is 1.12 bits per heavy atom. The van der Waals surface area contributed by atoms with Crippen molar-refractivity contribution >= 4 is 33.2 Å². The number of allylic oxidation sites excluding steroid dienone is 1. The molecule has 7 rings (SSSR count). The molecule has 1 spiro atoms. The number of carbonyl (C=O) groups excluding carboxylic acids is 1. The number of rotatable bonds is 2. The van der Waals surface area contributed by atoms with Gasteiger partial charge in [0.15, 0.2) is 0 Å². The van der Waals surface area contributed by atoms with Crippen LogP contribution in [0.2, 0.25) is 5.02 Å². The molecule has 2 bridgehead atoms. The van der Waals surface area contributed by atoms with Gasteiger partial charge in [0.05, 0.1) is 17.5 Å². The van der Waals surface area contributed by atoms with E-state index in [1.165, 1.54) is 17.3 Å². The average molecular weight is 708 g/mol. The number of nitrogens with zero attached hydrogens (tertiary/aromatic N) is 2. The van der Waals surface area contributed by atoms with Crippen LogP contribution in [0.25, 0.3) is 0 Å². The smallest absolute Gasteiger partial charge is 0.264 e. The van der Waals surface area contributed by atoms with Crippen molar-refractivity contribution in [3.63, 3.8) is 0 Å². The van der Waals surface area contributed by atoms with Gasteiger partial charge in [0.1, 0.15) is 11.4 Å². The van der Waals surface area contributed by atoms with E-state index < -0.39 is 32.7 Å². The van der Waals surface area contributed by atoms with E-state index in [0.717, 1.165) is 37.8 Å². The molecule has 49 heavy (non-hydrogen) atoms. The van der Waals surface area contributed by atoms with Gasteiger partial charge in [0, 0.05) is 53.9 Å². The number of pyridine rings is 1. The Bertz CT molecular complexity index is 1910. The molecule has 3 aromatic rings. The lowest BCUT2D eigenvalue weighted by Crippen LogP contribution is -2.52. The SMILES string of the molecule is CO[C@]1(c2cccnc2F)/C=C\C[C@H](C)[C@@H](C)S(=O)(=O)NC(=O)c2ccc3c(c2)N(C[C@@H]2CC[C@H]21)C[C@@]1(CCCc2cc(Cl)ccc21)CO3. The Morgan fingerprint density at radius 3 is 2.71 bits per heavy atom. The highest BCUT2D eigenvalue weighted by Crippen LogP contribution is 2.52. The number of methoxy groups -OCH3 is 1. The number of fused-ring (bicyclic) bond motifs is 4. The number of hydrogen-bond acceptors (Lipinski definition) is 7. The van der Waals surface area contributed by atoms with Crippen LogP contribution in [0.4, 0.5) is 10.1 Å². The van der Waals surface area contributed by atoms with Gasteiger partial charge < -0.3 is 14.4 Å². The summed E-state index contributed by atoms with van der Waals surface area (Å²) in [5.41, 5.74) is 2.30. The van der Waals surface area contributed by atoms with Gasteiger partial charge in [-0.15, -0.1) is 0 Å². The molecule has 0 saturated heterocycles. The van der Waals surface area contributed by atoms with Crippen molar-refractivity contribution in [3.05, 3.63) is 100 Å². The third kappa shape index (κ3) is 6.03. The number of aromatic nitrogens is 1. The number of aryl methyl sites for hydroxylation is 1. The molecule has 3 heterocycles. The van der Waals surface area contributed by atoms with E-state index in [4.69, 9.17) is 21.1 Å². The van der Waals surface area contributed by atoms with Crippen molar-refractivity contribution < 1.29 is 27.1 Å². The molecule has 1 saturated carbocycles. The van der Waals surface area contributed by atoms with Gasteiger partial charge in [0.25, 0.3) is 5.91 Å². The number of amides is 1. The van der Waals surface area contributed by atoms with Crippen LogP contribution < -0.4 is 14.4 Å². The summed E-state index contributed by atoms with van der Waals surface area (Å²) in [5, 5.41) is -0.171. The molecule has 260 valence electrons. The Hall–Kier alpha value is -3.47. The molecule has 1 amide bonds. The number of hydrogen-bond donors (Lipinski definition) is 1. The van der Waals surface area contributed by atoms with E-state index >= 15 is 4.39 Å². The monoisotopic (exact) mass is 707 g/mol. The van der Waals surface area contributed by atoms with Crippen LogP contribution in [-0.2, 0) is 32.2 Å². The molecule has 4 aliphatic rings. The van der Waals surface area contributed by atoms with Crippen LogP contribution in [0.1, 0.15) is 73.0 Å². The summed E-state index contributed by atoms with van der Waals surface area (Å²) in [4.78, 5) is 19.8. The topological polar surface area (TPSA) is 97.8 Å². The fourth-order valence-corrected chi connectivity index (χ4v) is 10.0. The number of halogens is 2. The molecule has 2 aliphatic heterocycles. The highest BCUT2D eigenvalue weighted by atomic mass is 35.5. The summed E-state index contributed by atoms with van der Waals surface area (Å²) in [6, 6.07) is 14.7. The van der Waals surface area contributed by atoms with E-state index in [1.807, 2.05) is 25.1 Å². The van der Waals surface area contributed by atoms with Crippen LogP contribution in [0.15, 0.2) is 66.9 Å². The van der Waals surface area contributed by atoms with Crippen LogP contribution in [0.3, 0.4) is 0 Å². The van der Waals surface area contributed by atoms with Gasteiger partial charge in [-0.3, -0.25) is 4.79 Å². The molecule has 1 fully saturated rings. The lowest BCUT2D eigenvalue weighted by molar-refractivity contribution is -0.0827. The molecule has 2 aliphatic carbocycles. The molecule has 8 nitrogen and oxygen atoms in total. The van der Waals surface area contributed by atoms with Gasteiger partial charge in [-0.2, -0.15) is 4.39 Å². The van der Waals surface area contributed by atoms with E-state index in [9.17, 15) is 13.2 Å². The van der Waals surface area contributed by atoms with Crippen molar-refractivity contribution in [1.82, 2.24) is 9.71 Å². The van der Waals surface area contributed by atoms with Crippen LogP contribution in [-0.4, -0.2) is 51.4 Å². The lowest BCUT2D eigenvalue weighted by atomic mass is 9.62. The molecule has 11 heteroatoms. The summed E-state index contributed by atoms with van der Waals surface area (Å²) in [7, 11) is -2.42. The maximum Gasteiger partial charge on any atom is 0.264 e. The zero-order chi connectivity index (χ0) is 34.6. The van der Waals surface area contributed by atoms with Gasteiger partial charge in [-0.05, 0) is 111 Å². The molecule has 0 radical (unpaired) electrons. The maximum atomic E-state index is 15.6. The van der Waals surface area contributed by atoms with Crippen molar-refractivity contribution in [1.29, 1.82) is 0 Å². The van der Waals surface area contributed by atoms with Crippen LogP contribution in [0.5, 0.6) is 5.75 Å². The van der Waals surface area contributed by atoms with Crippen molar-refractivity contribution in [3.8, 4) is 5.75 Å². The van der Waals surface area contributed by atoms with Crippen molar-refractivity contribution in [2.75, 3.05) is 31.7 Å². The summed E-state index contributed by atoms with van der Waals surface area (Å²) in [6.45, 7) is 5.10. The van der Waals surface area contributed by atoms with Gasteiger partial charge >= 0.3 is 0 Å². The summed E-state index contributed by atoms with van der Waals surface area (Å²) < 4.78 is 57.9. The fraction of sp³-hybridized carbons (Fsp3) is 0.474. The molecular weight excluding hydrogens is 665 g/mol. The Labute approximate surface area is 293 Å². The van der Waals surface area contributed by atoms with Crippen molar-refractivity contribution in [2.24, 2.45) is 17.8 Å². The van der Waals surface area contributed by atoms with Crippen molar-refractivity contribution in [2.45, 2.75) is 68.6 Å². The van der Waals surface area contributed by atoms with Gasteiger partial charge in [-0.25, -0.2) is 18.1 Å². The largest absolute Gasteiger partial charge is 0.490 e. The number of ether oxygens (including phenoxy) is 2. The second kappa shape index (κ2) is 13.0. The average Bonchev–Trinajstić information content (AvgIpc) is 3.22. The molecule has 1 aromatic heterocycles. The quantitative estimate of drug-likeness (QED) is 0.227. The normalized spacial score (nSPS) is 31.7. The second-order valence-corrected chi connectivity index (χ2v) is 16.8. The lowest BCUT2D eigenvalue weighted by Gasteiger charge is -2.50. The van der Waals surface area contributed by atoms with E-state index in [-0.39, 0.29) is 28.7 Å². The zero-order valence-electron chi connectivity index (χ0n) is 28.1. The summed E-state index contributed by atoms with van der Waals surface area (Å²) in [5.74, 6) is -0.969. The van der Waals surface area contributed by atoms with Crippen LogP contribution >= 0.6 is 11.6 Å². The number of carbonyl (C=O) groups is 1. The molecule has 2 aromatic carbocycles. The number of benzene rings is 2. The third-order valence-electron chi connectivity index (χ3n) is 11.6. The minimum Gasteiger partial charge on any atom is -0.490 e. The standard InChI is InChI=1S/C38H43ClFN3O5S/c1-24-7-4-17-38(47-3,32-9-6-18-41-35(32)40)31-13-10-28(31)21-43-22-37(16-5-8-26-19-29(39)12-14-30(26)37)23-48-34-15-11-27(20-33(34)43)36(44)42-49(45,46)25(24)2/h4,6,9,11-12,14-15,17-20,24-25,28,31H,5,7-8,10,13,16,21-23H2,1-3H3,(H,42,44)/b17-4-/t24-,25+,28-,31+,37-,38+/m0/s1. The molecule has 6 atom stereocenters. The second-order valence-electron chi connectivity index (χ2n) is 14.4. The highest BCUT2D eigenvalue weighted by Gasteiger charge is 2.51. The number of anilines is 1. The summed E-state index contributed by atoms with van der Waals surface area (Å²) >= 11 is 6.45. The van der Waals surface area contributed by atoms with Gasteiger partial charge in [0.2, 0.25) is 16.0 Å². The minimum atomic E-state index is -4.03. The van der Waals surface area contributed by atoms with E-state index in [0.29, 0.717) is 42.5 Å². The zero-order valence-corrected chi connectivity index (χ0v) is 29.7. The predicted octanol–water partition coefficient (Wildman–Crippen LogP) is 6.96. The highest BCUT2D eigenvalue weighted by molar-refractivity contribution is 7.90. The Balaban J connectivity index is 1.37. The maximum absolute atomic E-state index is 15.6. The minimum absolute atomic E-state index is 0.0932. The first-order chi connectivity index (χ1) is 23.5. The summed E-state index contributed by atoms with van der Waals surface area (Å²) in [6.07, 6.45) is 10.2. The van der Waals surface area contributed by atoms with E-state index in [1.54, 1.807) is 44.4 Å². The first-order valence-corrected chi connectivity index (χ1v) is 19.1. The molecule has 1 N–H and O–H groups in total. The van der Waals surface area contributed by atoms with Gasteiger partial charge in [-0.1, -0.05) is 36.7 Å².